The number of carbonyl (C=O) groups is 1. The molecule has 1 N–H and O–H groups in total. The van der Waals surface area contributed by atoms with Gasteiger partial charge in [-0.1, -0.05) is 15.9 Å². The lowest BCUT2D eigenvalue weighted by Gasteiger charge is -2.34. The number of benzene rings is 1. The first-order valence-electron chi connectivity index (χ1n) is 9.95. The number of amides is 1. The van der Waals surface area contributed by atoms with Crippen LogP contribution in [0.2, 0.25) is 0 Å². The monoisotopic (exact) mass is 490 g/mol. The average Bonchev–Trinajstić information content (AvgIpc) is 2.72. The molecule has 1 aromatic rings. The van der Waals surface area contributed by atoms with Crippen molar-refractivity contribution in [2.75, 3.05) is 33.9 Å². The summed E-state index contributed by atoms with van der Waals surface area (Å²) in [5.74, 6) is 0.00691. The van der Waals surface area contributed by atoms with E-state index in [0.29, 0.717) is 30.9 Å². The van der Waals surface area contributed by atoms with Crippen LogP contribution in [-0.2, 0) is 19.6 Å². The second-order valence-corrected chi connectivity index (χ2v) is 10.3. The van der Waals surface area contributed by atoms with Crippen LogP contribution in [0.25, 0.3) is 0 Å². The minimum absolute atomic E-state index is 0.00691. The summed E-state index contributed by atoms with van der Waals surface area (Å²) >= 11 is 3.32. The first-order chi connectivity index (χ1) is 13.8. The molecular weight excluding hydrogens is 460 g/mol. The molecule has 0 radical (unpaired) electrons. The summed E-state index contributed by atoms with van der Waals surface area (Å²) < 4.78 is 33.8. The van der Waals surface area contributed by atoms with Gasteiger partial charge in [-0.15, -0.1) is 0 Å². The zero-order chi connectivity index (χ0) is 21.4. The molecule has 1 amide bonds. The van der Waals surface area contributed by atoms with E-state index in [1.54, 1.807) is 43.3 Å². The maximum Gasteiger partial charge on any atom is 0.243 e. The molecule has 164 valence electrons. The molecule has 1 aliphatic rings. The van der Waals surface area contributed by atoms with E-state index in [1.165, 1.54) is 4.31 Å². The van der Waals surface area contributed by atoms with E-state index in [-0.39, 0.29) is 24.7 Å². The molecule has 0 saturated heterocycles. The van der Waals surface area contributed by atoms with Crippen LogP contribution >= 0.6 is 15.9 Å². The first kappa shape index (κ1) is 24.3. The Bertz CT molecular complexity index is 749. The summed E-state index contributed by atoms with van der Waals surface area (Å²) in [6.45, 7) is 0.980. The standard InChI is InChI=1S/C20H31BrN2O5S/c1-22(13-3-14-24)20(25)12-15-28-18-8-6-17(7-9-18)23(2)29(26,27)19-10-4-16(21)5-11-19/h4-5,10-11,17-18,24H,3,6-9,12-15H2,1-2H3. The molecule has 9 heteroatoms. The van der Waals surface area contributed by atoms with Crippen LogP contribution in [0.15, 0.2) is 33.6 Å². The van der Waals surface area contributed by atoms with E-state index in [2.05, 4.69) is 15.9 Å². The van der Waals surface area contributed by atoms with Crippen molar-refractivity contribution >= 4 is 31.9 Å². The molecule has 0 unspecified atom stereocenters. The fraction of sp³-hybridized carbons (Fsp3) is 0.650. The Hall–Kier alpha value is -1.00. The van der Waals surface area contributed by atoms with E-state index in [4.69, 9.17) is 9.84 Å². The highest BCUT2D eigenvalue weighted by atomic mass is 79.9. The Morgan fingerprint density at radius 1 is 1.17 bits per heavy atom. The fourth-order valence-electron chi connectivity index (χ4n) is 3.48. The lowest BCUT2D eigenvalue weighted by molar-refractivity contribution is -0.131. The molecule has 0 spiro atoms. The predicted octanol–water partition coefficient (Wildman–Crippen LogP) is 2.63. The molecule has 1 fully saturated rings. The second-order valence-electron chi connectivity index (χ2n) is 7.42. The lowest BCUT2D eigenvalue weighted by atomic mass is 9.93. The molecule has 29 heavy (non-hydrogen) atoms. The lowest BCUT2D eigenvalue weighted by Crippen LogP contribution is -2.40. The van der Waals surface area contributed by atoms with Crippen LogP contribution < -0.4 is 0 Å². The van der Waals surface area contributed by atoms with Gasteiger partial charge in [0.1, 0.15) is 0 Å². The molecule has 0 bridgehead atoms. The number of ether oxygens (including phenoxy) is 1. The SMILES string of the molecule is CN(CCCO)C(=O)CCOC1CCC(N(C)S(=O)(=O)c2ccc(Br)cc2)CC1. The maximum absolute atomic E-state index is 12.8. The normalized spacial score (nSPS) is 20.0. The third kappa shape index (κ3) is 7.03. The number of hydrogen-bond donors (Lipinski definition) is 1. The number of aliphatic hydroxyl groups excluding tert-OH is 1. The molecule has 2 rings (SSSR count). The highest BCUT2D eigenvalue weighted by molar-refractivity contribution is 9.10. The minimum atomic E-state index is -3.51. The highest BCUT2D eigenvalue weighted by Crippen LogP contribution is 2.28. The van der Waals surface area contributed by atoms with Gasteiger partial charge >= 0.3 is 0 Å². The van der Waals surface area contributed by atoms with E-state index >= 15 is 0 Å². The van der Waals surface area contributed by atoms with Gasteiger partial charge in [0.25, 0.3) is 0 Å². The van der Waals surface area contributed by atoms with Gasteiger partial charge < -0.3 is 14.7 Å². The van der Waals surface area contributed by atoms with Gasteiger partial charge in [0.15, 0.2) is 0 Å². The van der Waals surface area contributed by atoms with E-state index in [0.717, 1.165) is 30.2 Å². The van der Waals surface area contributed by atoms with Crippen molar-refractivity contribution in [3.63, 3.8) is 0 Å². The zero-order valence-electron chi connectivity index (χ0n) is 17.1. The quantitative estimate of drug-likeness (QED) is 0.544. The third-order valence-electron chi connectivity index (χ3n) is 5.40. The molecule has 0 heterocycles. The van der Waals surface area contributed by atoms with Crippen molar-refractivity contribution in [3.8, 4) is 0 Å². The van der Waals surface area contributed by atoms with Gasteiger partial charge in [-0.3, -0.25) is 4.79 Å². The average molecular weight is 491 g/mol. The van der Waals surface area contributed by atoms with E-state index < -0.39 is 10.0 Å². The van der Waals surface area contributed by atoms with E-state index in [1.807, 2.05) is 0 Å². The molecule has 0 atom stereocenters. The van der Waals surface area contributed by atoms with Crippen LogP contribution in [0.3, 0.4) is 0 Å². The summed E-state index contributed by atoms with van der Waals surface area (Å²) in [6.07, 6.45) is 3.98. The van der Waals surface area contributed by atoms with Crippen molar-refractivity contribution < 1.29 is 23.1 Å². The Morgan fingerprint density at radius 3 is 2.38 bits per heavy atom. The fourth-order valence-corrected chi connectivity index (χ4v) is 5.16. The first-order valence-corrected chi connectivity index (χ1v) is 12.2. The summed E-state index contributed by atoms with van der Waals surface area (Å²) in [6, 6.07) is 6.63. The molecule has 0 aliphatic heterocycles. The van der Waals surface area contributed by atoms with Crippen LogP contribution in [0.1, 0.15) is 38.5 Å². The topological polar surface area (TPSA) is 87.2 Å². The second kappa shape index (κ2) is 11.4. The van der Waals surface area contributed by atoms with Crippen molar-refractivity contribution in [3.05, 3.63) is 28.7 Å². The number of carbonyl (C=O) groups excluding carboxylic acids is 1. The number of hydrogen-bond acceptors (Lipinski definition) is 5. The Balaban J connectivity index is 1.77. The Morgan fingerprint density at radius 2 is 1.79 bits per heavy atom. The van der Waals surface area contributed by atoms with Crippen molar-refractivity contribution in [1.82, 2.24) is 9.21 Å². The van der Waals surface area contributed by atoms with Crippen LogP contribution in [0, 0.1) is 0 Å². The largest absolute Gasteiger partial charge is 0.396 e. The summed E-state index contributed by atoms with van der Waals surface area (Å²) in [5.41, 5.74) is 0. The molecule has 1 aromatic carbocycles. The van der Waals surface area contributed by atoms with Gasteiger partial charge in [0, 0.05) is 37.8 Å². The van der Waals surface area contributed by atoms with Gasteiger partial charge in [-0.25, -0.2) is 8.42 Å². The summed E-state index contributed by atoms with van der Waals surface area (Å²) in [7, 11) is -0.145. The Kier molecular flexibility index (Phi) is 9.55. The number of nitrogens with zero attached hydrogens (tertiary/aromatic N) is 2. The number of rotatable bonds is 10. The molecule has 7 nitrogen and oxygen atoms in total. The summed E-state index contributed by atoms with van der Waals surface area (Å²) in [4.78, 5) is 13.9. The third-order valence-corrected chi connectivity index (χ3v) is 7.85. The number of aliphatic hydroxyl groups is 1. The zero-order valence-corrected chi connectivity index (χ0v) is 19.5. The number of halogens is 1. The van der Waals surface area contributed by atoms with Gasteiger partial charge in [-0.05, 0) is 56.4 Å². The van der Waals surface area contributed by atoms with Crippen molar-refractivity contribution in [2.24, 2.45) is 0 Å². The van der Waals surface area contributed by atoms with Gasteiger partial charge in [0.2, 0.25) is 15.9 Å². The van der Waals surface area contributed by atoms with E-state index in [9.17, 15) is 13.2 Å². The molecular formula is C20H31BrN2O5S. The van der Waals surface area contributed by atoms with Crippen LogP contribution in [0.5, 0.6) is 0 Å². The van der Waals surface area contributed by atoms with Crippen LogP contribution in [0.4, 0.5) is 0 Å². The number of sulfonamides is 1. The molecule has 1 aliphatic carbocycles. The minimum Gasteiger partial charge on any atom is -0.396 e. The maximum atomic E-state index is 12.8. The molecule has 1 saturated carbocycles. The van der Waals surface area contributed by atoms with Crippen molar-refractivity contribution in [2.45, 2.75) is 55.6 Å². The Labute approximate surface area is 182 Å². The van der Waals surface area contributed by atoms with Crippen molar-refractivity contribution in [1.29, 1.82) is 0 Å². The smallest absolute Gasteiger partial charge is 0.243 e. The predicted molar refractivity (Wildman–Crippen MR) is 115 cm³/mol. The van der Waals surface area contributed by atoms with Crippen LogP contribution in [-0.4, -0.2) is 74.6 Å². The van der Waals surface area contributed by atoms with Gasteiger partial charge in [0.05, 0.1) is 24.0 Å². The van der Waals surface area contributed by atoms with Gasteiger partial charge in [-0.2, -0.15) is 4.31 Å². The summed E-state index contributed by atoms with van der Waals surface area (Å²) in [5, 5.41) is 8.82. The molecule has 0 aromatic heterocycles. The highest BCUT2D eigenvalue weighted by Gasteiger charge is 2.31.